The van der Waals surface area contributed by atoms with Gasteiger partial charge in [-0.05, 0) is 43.6 Å². The molecule has 176 valence electrons. The molecule has 2 fully saturated rings. The Labute approximate surface area is 199 Å². The van der Waals surface area contributed by atoms with E-state index in [-0.39, 0.29) is 17.9 Å². The fourth-order valence-electron chi connectivity index (χ4n) is 5.03. The monoisotopic (exact) mass is 468 g/mol. The van der Waals surface area contributed by atoms with Crippen LogP contribution in [0.3, 0.4) is 0 Å². The molecule has 3 aliphatic heterocycles. The van der Waals surface area contributed by atoms with Gasteiger partial charge in [-0.1, -0.05) is 30.3 Å². The average molecular weight is 469 g/mol. The number of nitrogens with zero attached hydrogens (tertiary/aromatic N) is 3. The van der Waals surface area contributed by atoms with E-state index < -0.39 is 0 Å². The molecule has 1 unspecified atom stereocenters. The van der Waals surface area contributed by atoms with E-state index in [2.05, 4.69) is 45.5 Å². The lowest BCUT2D eigenvalue weighted by atomic mass is 9.90. The lowest BCUT2D eigenvalue weighted by molar-refractivity contribution is -0.134. The number of hydrogen-bond acceptors (Lipinski definition) is 6. The van der Waals surface area contributed by atoms with Crippen molar-refractivity contribution in [2.24, 2.45) is 5.92 Å². The number of benzene rings is 1. The summed E-state index contributed by atoms with van der Waals surface area (Å²) in [5, 5.41) is 3.57. The van der Waals surface area contributed by atoms with Crippen LogP contribution in [0.4, 0.5) is 5.13 Å². The highest BCUT2D eigenvalue weighted by molar-refractivity contribution is 7.15. The number of thiazole rings is 1. The normalized spacial score (nSPS) is 21.7. The van der Waals surface area contributed by atoms with Crippen molar-refractivity contribution in [2.45, 2.75) is 51.2 Å². The van der Waals surface area contributed by atoms with Gasteiger partial charge in [0, 0.05) is 44.1 Å². The second kappa shape index (κ2) is 10.3. The van der Waals surface area contributed by atoms with Gasteiger partial charge in [-0.15, -0.1) is 11.3 Å². The lowest BCUT2D eigenvalue weighted by Gasteiger charge is -2.34. The molecule has 2 aromatic rings. The van der Waals surface area contributed by atoms with Crippen molar-refractivity contribution in [1.82, 2.24) is 14.8 Å². The number of carbonyl (C=O) groups is 2. The molecule has 0 aliphatic carbocycles. The standard InChI is InChI=1S/C25H32N4O3S/c30-23(29-12-8-19(9-13-29)15-18-5-2-1-3-6-18)17-28-11-10-20-22(16-28)33-25(26-20)27-24(31)21-7-4-14-32-21/h1-3,5-6,19,21H,4,7-17H2,(H,26,27,31). The number of piperidine rings is 1. The van der Waals surface area contributed by atoms with Gasteiger partial charge < -0.3 is 9.64 Å². The minimum atomic E-state index is -0.350. The third-order valence-corrected chi connectivity index (χ3v) is 7.95. The number of anilines is 1. The van der Waals surface area contributed by atoms with Gasteiger partial charge in [0.2, 0.25) is 5.91 Å². The predicted octanol–water partition coefficient (Wildman–Crippen LogP) is 3.10. The van der Waals surface area contributed by atoms with Gasteiger partial charge >= 0.3 is 0 Å². The first-order valence-corrected chi connectivity index (χ1v) is 12.9. The molecule has 7 nitrogen and oxygen atoms in total. The maximum atomic E-state index is 12.9. The Morgan fingerprint density at radius 2 is 1.94 bits per heavy atom. The van der Waals surface area contributed by atoms with Crippen molar-refractivity contribution in [3.05, 3.63) is 46.5 Å². The van der Waals surface area contributed by atoms with Crippen molar-refractivity contribution in [3.8, 4) is 0 Å². The van der Waals surface area contributed by atoms with Gasteiger partial charge in [-0.3, -0.25) is 19.8 Å². The minimum Gasteiger partial charge on any atom is -0.368 e. The largest absolute Gasteiger partial charge is 0.368 e. The molecule has 5 rings (SSSR count). The summed E-state index contributed by atoms with van der Waals surface area (Å²) in [6.07, 6.45) is 5.43. The number of nitrogens with one attached hydrogen (secondary N) is 1. The van der Waals surface area contributed by atoms with Crippen LogP contribution in [0.1, 0.15) is 41.8 Å². The first-order chi connectivity index (χ1) is 16.1. The van der Waals surface area contributed by atoms with Crippen LogP contribution in [0.15, 0.2) is 30.3 Å². The Morgan fingerprint density at radius 1 is 1.12 bits per heavy atom. The fraction of sp³-hybridized carbons (Fsp3) is 0.560. The molecule has 4 heterocycles. The number of likely N-dealkylation sites (tertiary alicyclic amines) is 1. The second-order valence-electron chi connectivity index (χ2n) is 9.35. The number of amides is 2. The Hall–Kier alpha value is -2.29. The van der Waals surface area contributed by atoms with Crippen LogP contribution in [0, 0.1) is 5.92 Å². The van der Waals surface area contributed by atoms with Crippen LogP contribution in [-0.2, 0) is 33.7 Å². The SMILES string of the molecule is O=C(Nc1nc2c(s1)CN(CC(=O)N1CCC(Cc3ccccc3)CC1)CC2)C1CCCO1. The van der Waals surface area contributed by atoms with E-state index in [1.54, 1.807) is 0 Å². The van der Waals surface area contributed by atoms with Crippen LogP contribution in [-0.4, -0.2) is 65.5 Å². The summed E-state index contributed by atoms with van der Waals surface area (Å²) >= 11 is 1.52. The summed E-state index contributed by atoms with van der Waals surface area (Å²) < 4.78 is 5.46. The zero-order chi connectivity index (χ0) is 22.6. The predicted molar refractivity (Wildman–Crippen MR) is 128 cm³/mol. The summed E-state index contributed by atoms with van der Waals surface area (Å²) in [7, 11) is 0. The average Bonchev–Trinajstić information content (AvgIpc) is 3.50. The fourth-order valence-corrected chi connectivity index (χ4v) is 6.09. The Morgan fingerprint density at radius 3 is 2.70 bits per heavy atom. The molecule has 0 radical (unpaired) electrons. The summed E-state index contributed by atoms with van der Waals surface area (Å²) in [4.78, 5) is 35.3. The third kappa shape index (κ3) is 5.62. The number of aromatic nitrogens is 1. The number of hydrogen-bond donors (Lipinski definition) is 1. The maximum absolute atomic E-state index is 12.9. The molecule has 1 aromatic heterocycles. The molecule has 0 bridgehead atoms. The van der Waals surface area contributed by atoms with Gasteiger partial charge in [0.15, 0.2) is 5.13 Å². The molecule has 1 N–H and O–H groups in total. The van der Waals surface area contributed by atoms with Crippen molar-refractivity contribution < 1.29 is 14.3 Å². The van der Waals surface area contributed by atoms with Crippen molar-refractivity contribution in [1.29, 1.82) is 0 Å². The first kappa shape index (κ1) is 22.5. The van der Waals surface area contributed by atoms with E-state index in [1.807, 2.05) is 4.90 Å². The van der Waals surface area contributed by atoms with E-state index in [9.17, 15) is 9.59 Å². The molecule has 8 heteroatoms. The highest BCUT2D eigenvalue weighted by atomic mass is 32.1. The molecule has 1 aromatic carbocycles. The van der Waals surface area contributed by atoms with E-state index in [0.717, 1.165) is 75.3 Å². The Bertz CT molecular complexity index is 965. The number of rotatable bonds is 6. The van der Waals surface area contributed by atoms with Crippen LogP contribution in [0.5, 0.6) is 0 Å². The zero-order valence-electron chi connectivity index (χ0n) is 19.0. The van der Waals surface area contributed by atoms with Gasteiger partial charge in [0.1, 0.15) is 6.10 Å². The molecule has 0 saturated carbocycles. The van der Waals surface area contributed by atoms with E-state index in [4.69, 9.17) is 4.74 Å². The van der Waals surface area contributed by atoms with Gasteiger partial charge in [0.25, 0.3) is 5.91 Å². The highest BCUT2D eigenvalue weighted by Gasteiger charge is 2.28. The van der Waals surface area contributed by atoms with E-state index >= 15 is 0 Å². The van der Waals surface area contributed by atoms with Crippen LogP contribution in [0.2, 0.25) is 0 Å². The quantitative estimate of drug-likeness (QED) is 0.705. The van der Waals surface area contributed by atoms with Crippen molar-refractivity contribution in [3.63, 3.8) is 0 Å². The summed E-state index contributed by atoms with van der Waals surface area (Å²) in [5.74, 6) is 0.795. The number of fused-ring (bicyclic) bond motifs is 1. The summed E-state index contributed by atoms with van der Waals surface area (Å²) in [6.45, 7) is 4.37. The topological polar surface area (TPSA) is 74.8 Å². The second-order valence-corrected chi connectivity index (χ2v) is 10.4. The first-order valence-electron chi connectivity index (χ1n) is 12.1. The molecule has 2 saturated heterocycles. The van der Waals surface area contributed by atoms with Crippen LogP contribution in [0.25, 0.3) is 0 Å². The summed E-state index contributed by atoms with van der Waals surface area (Å²) in [5.41, 5.74) is 2.44. The van der Waals surface area contributed by atoms with Crippen molar-refractivity contribution >= 4 is 28.3 Å². The molecule has 3 aliphatic rings. The zero-order valence-corrected chi connectivity index (χ0v) is 19.8. The molecular formula is C25H32N4O3S. The van der Waals surface area contributed by atoms with Gasteiger partial charge in [-0.2, -0.15) is 0 Å². The Kier molecular flexibility index (Phi) is 7.04. The summed E-state index contributed by atoms with van der Waals surface area (Å²) in [6, 6.07) is 10.6. The highest BCUT2D eigenvalue weighted by Crippen LogP contribution is 2.29. The minimum absolute atomic E-state index is 0.0960. The van der Waals surface area contributed by atoms with E-state index in [0.29, 0.717) is 24.2 Å². The van der Waals surface area contributed by atoms with Crippen molar-refractivity contribution in [2.75, 3.05) is 38.1 Å². The van der Waals surface area contributed by atoms with Gasteiger partial charge in [0.05, 0.1) is 12.2 Å². The molecule has 0 spiro atoms. The third-order valence-electron chi connectivity index (χ3n) is 6.96. The molecular weight excluding hydrogens is 436 g/mol. The lowest BCUT2D eigenvalue weighted by Crippen LogP contribution is -2.45. The van der Waals surface area contributed by atoms with Crippen LogP contribution >= 0.6 is 11.3 Å². The van der Waals surface area contributed by atoms with Gasteiger partial charge in [-0.25, -0.2) is 4.98 Å². The Balaban J connectivity index is 1.09. The van der Waals surface area contributed by atoms with E-state index in [1.165, 1.54) is 16.9 Å². The maximum Gasteiger partial charge on any atom is 0.255 e. The molecule has 1 atom stereocenters. The number of ether oxygens (including phenoxy) is 1. The smallest absolute Gasteiger partial charge is 0.255 e. The molecule has 33 heavy (non-hydrogen) atoms. The number of carbonyl (C=O) groups excluding carboxylic acids is 2. The molecule has 2 amide bonds. The van der Waals surface area contributed by atoms with Crippen LogP contribution < -0.4 is 5.32 Å².